The van der Waals surface area contributed by atoms with Crippen LogP contribution in [0.25, 0.3) is 0 Å². The summed E-state index contributed by atoms with van der Waals surface area (Å²) in [6, 6.07) is -5.00. The van der Waals surface area contributed by atoms with Gasteiger partial charge >= 0.3 is 17.9 Å². The summed E-state index contributed by atoms with van der Waals surface area (Å²) in [5.74, 6) is -6.59. The van der Waals surface area contributed by atoms with Crippen LogP contribution in [0.5, 0.6) is 0 Å². The van der Waals surface area contributed by atoms with Gasteiger partial charge in [-0.25, -0.2) is 4.79 Å². The maximum Gasteiger partial charge on any atom is 0.326 e. The van der Waals surface area contributed by atoms with Crippen LogP contribution in [-0.2, 0) is 28.8 Å². The lowest BCUT2D eigenvalue weighted by Gasteiger charge is -2.25. The summed E-state index contributed by atoms with van der Waals surface area (Å²) < 4.78 is 0. The molecule has 10 N–H and O–H groups in total. The molecule has 0 saturated heterocycles. The van der Waals surface area contributed by atoms with E-state index in [1.54, 1.807) is 13.8 Å². The third kappa shape index (κ3) is 13.3. The van der Waals surface area contributed by atoms with Gasteiger partial charge in [0, 0.05) is 12.8 Å². The van der Waals surface area contributed by atoms with E-state index in [1.165, 1.54) is 0 Å². The first-order valence-corrected chi connectivity index (χ1v) is 11.3. The summed E-state index contributed by atoms with van der Waals surface area (Å²) in [4.78, 5) is 71.2. The molecule has 4 atom stereocenters. The highest BCUT2D eigenvalue weighted by atomic mass is 16.4. The highest BCUT2D eigenvalue weighted by molar-refractivity contribution is 5.94. The lowest BCUT2D eigenvalue weighted by atomic mass is 10.0. The van der Waals surface area contributed by atoms with Gasteiger partial charge in [0.2, 0.25) is 17.7 Å². The van der Waals surface area contributed by atoms with Crippen molar-refractivity contribution in [3.8, 4) is 0 Å². The number of rotatable bonds is 18. The number of carbonyl (C=O) groups is 6. The molecule has 0 radical (unpaired) electrons. The predicted molar refractivity (Wildman–Crippen MR) is 123 cm³/mol. The Bertz CT molecular complexity index is 759. The third-order valence-electron chi connectivity index (χ3n) is 5.14. The Morgan fingerprint density at radius 1 is 0.686 bits per heavy atom. The maximum absolute atomic E-state index is 12.9. The van der Waals surface area contributed by atoms with Gasteiger partial charge in [-0.3, -0.25) is 24.0 Å². The van der Waals surface area contributed by atoms with Gasteiger partial charge in [0.15, 0.2) is 0 Å². The van der Waals surface area contributed by atoms with Crippen LogP contribution in [0.4, 0.5) is 0 Å². The summed E-state index contributed by atoms with van der Waals surface area (Å²) in [6.07, 6.45) is -0.642. The number of nitrogens with two attached hydrogens (primary N) is 2. The molecule has 0 fully saturated rings. The normalized spacial score (nSPS) is 14.3. The lowest BCUT2D eigenvalue weighted by Crippen LogP contribution is -2.57. The van der Waals surface area contributed by atoms with E-state index in [-0.39, 0.29) is 18.8 Å². The van der Waals surface area contributed by atoms with E-state index in [4.69, 9.17) is 21.7 Å². The van der Waals surface area contributed by atoms with Crippen molar-refractivity contribution >= 4 is 35.6 Å². The minimum absolute atomic E-state index is 0.170. The lowest BCUT2D eigenvalue weighted by molar-refractivity contribution is -0.144. The minimum Gasteiger partial charge on any atom is -0.481 e. The topological polar surface area (TPSA) is 251 Å². The van der Waals surface area contributed by atoms with Gasteiger partial charge < -0.3 is 42.7 Å². The molecule has 0 aliphatic heterocycles. The molecular weight excluding hydrogens is 466 g/mol. The van der Waals surface area contributed by atoms with Gasteiger partial charge in [-0.1, -0.05) is 13.8 Å². The van der Waals surface area contributed by atoms with Crippen molar-refractivity contribution in [2.45, 2.75) is 83.0 Å². The highest BCUT2D eigenvalue weighted by Crippen LogP contribution is 2.07. The number of carboxylic acids is 3. The second-order valence-electron chi connectivity index (χ2n) is 8.44. The third-order valence-corrected chi connectivity index (χ3v) is 5.14. The largest absolute Gasteiger partial charge is 0.481 e. The molecule has 0 bridgehead atoms. The molecule has 35 heavy (non-hydrogen) atoms. The molecule has 0 rings (SSSR count). The first-order chi connectivity index (χ1) is 16.3. The summed E-state index contributed by atoms with van der Waals surface area (Å²) in [6.45, 7) is 3.80. The van der Waals surface area contributed by atoms with Crippen molar-refractivity contribution in [2.24, 2.45) is 17.4 Å². The molecular formula is C21H37N5O9. The Morgan fingerprint density at radius 3 is 1.54 bits per heavy atom. The number of carboxylic acid groups (broad SMARTS) is 3. The van der Waals surface area contributed by atoms with Crippen LogP contribution in [0.3, 0.4) is 0 Å². The number of hydrogen-bond acceptors (Lipinski definition) is 8. The first-order valence-electron chi connectivity index (χ1n) is 11.3. The molecule has 0 aliphatic rings. The number of nitrogens with one attached hydrogen (secondary N) is 3. The van der Waals surface area contributed by atoms with E-state index in [1.807, 2.05) is 0 Å². The molecule has 0 spiro atoms. The van der Waals surface area contributed by atoms with Crippen LogP contribution in [0.15, 0.2) is 0 Å². The predicted octanol–water partition coefficient (Wildman–Crippen LogP) is -1.63. The number of hydrogen-bond donors (Lipinski definition) is 8. The Labute approximate surface area is 203 Å². The first kappa shape index (κ1) is 31.7. The van der Waals surface area contributed by atoms with Crippen molar-refractivity contribution in [1.82, 2.24) is 16.0 Å². The van der Waals surface area contributed by atoms with Gasteiger partial charge in [0.25, 0.3) is 0 Å². The second-order valence-corrected chi connectivity index (χ2v) is 8.44. The molecule has 0 saturated carbocycles. The molecule has 14 nitrogen and oxygen atoms in total. The monoisotopic (exact) mass is 503 g/mol. The van der Waals surface area contributed by atoms with E-state index >= 15 is 0 Å². The van der Waals surface area contributed by atoms with Gasteiger partial charge in [0.05, 0.1) is 6.04 Å². The van der Waals surface area contributed by atoms with Crippen LogP contribution in [-0.4, -0.2) is 81.7 Å². The van der Waals surface area contributed by atoms with Crippen molar-refractivity contribution in [1.29, 1.82) is 0 Å². The zero-order valence-electron chi connectivity index (χ0n) is 20.0. The average Bonchev–Trinajstić information content (AvgIpc) is 2.77. The molecule has 0 aromatic heterocycles. The summed E-state index contributed by atoms with van der Waals surface area (Å²) in [5, 5.41) is 34.1. The minimum atomic E-state index is -1.56. The van der Waals surface area contributed by atoms with Gasteiger partial charge in [-0.05, 0) is 44.6 Å². The molecule has 3 amide bonds. The van der Waals surface area contributed by atoms with Crippen molar-refractivity contribution in [2.75, 3.05) is 6.54 Å². The second kappa shape index (κ2) is 16.4. The highest BCUT2D eigenvalue weighted by Gasteiger charge is 2.31. The van der Waals surface area contributed by atoms with E-state index < -0.39 is 79.1 Å². The van der Waals surface area contributed by atoms with Gasteiger partial charge in [-0.15, -0.1) is 0 Å². The molecule has 0 heterocycles. The molecule has 0 aromatic rings. The summed E-state index contributed by atoms with van der Waals surface area (Å²) >= 11 is 0. The van der Waals surface area contributed by atoms with Crippen LogP contribution in [0.1, 0.15) is 58.8 Å². The zero-order chi connectivity index (χ0) is 27.1. The smallest absolute Gasteiger partial charge is 0.326 e. The van der Waals surface area contributed by atoms with Crippen LogP contribution < -0.4 is 27.4 Å². The number of aliphatic carboxylic acids is 3. The number of carbonyl (C=O) groups excluding carboxylic acids is 3. The Hall–Kier alpha value is -3.26. The van der Waals surface area contributed by atoms with E-state index in [2.05, 4.69) is 16.0 Å². The fraction of sp³-hybridized carbons (Fsp3) is 0.714. The Kier molecular flexibility index (Phi) is 14.9. The fourth-order valence-corrected chi connectivity index (χ4v) is 2.94. The van der Waals surface area contributed by atoms with Crippen molar-refractivity contribution in [3.63, 3.8) is 0 Å². The average molecular weight is 504 g/mol. The molecule has 14 heteroatoms. The van der Waals surface area contributed by atoms with Crippen molar-refractivity contribution < 1.29 is 44.1 Å². The molecule has 0 aromatic carbocycles. The van der Waals surface area contributed by atoms with Crippen LogP contribution in [0, 0.1) is 5.92 Å². The molecule has 4 unspecified atom stereocenters. The van der Waals surface area contributed by atoms with E-state index in [9.17, 15) is 33.9 Å². The van der Waals surface area contributed by atoms with Crippen LogP contribution >= 0.6 is 0 Å². The molecule has 200 valence electrons. The maximum atomic E-state index is 12.9. The van der Waals surface area contributed by atoms with Gasteiger partial charge in [0.1, 0.15) is 18.1 Å². The zero-order valence-corrected chi connectivity index (χ0v) is 20.0. The van der Waals surface area contributed by atoms with Crippen molar-refractivity contribution in [3.05, 3.63) is 0 Å². The number of unbranched alkanes of at least 4 members (excludes halogenated alkanes) is 1. The number of amides is 3. The molecule has 0 aliphatic carbocycles. The fourth-order valence-electron chi connectivity index (χ4n) is 2.94. The summed E-state index contributed by atoms with van der Waals surface area (Å²) in [5.41, 5.74) is 11.3. The quantitative estimate of drug-likeness (QED) is 0.0985. The SMILES string of the molecule is CC(C)C(N)C(=O)NC(CCCCN)C(=O)NC(CCC(=O)O)C(=O)NC(CCC(=O)O)C(=O)O. The van der Waals surface area contributed by atoms with E-state index in [0.717, 1.165) is 0 Å². The Balaban J connectivity index is 5.59. The Morgan fingerprint density at radius 2 is 1.11 bits per heavy atom. The standard InChI is InChI=1S/C21H37N5O9/c1-11(2)17(23)20(33)25-12(5-3-4-10-22)18(31)24-13(6-8-15(27)28)19(32)26-14(21(34)35)7-9-16(29)30/h11-14,17H,3-10,22-23H2,1-2H3,(H,24,31)(H,25,33)(H,26,32)(H,27,28)(H,29,30)(H,34,35). The van der Waals surface area contributed by atoms with Gasteiger partial charge in [-0.2, -0.15) is 0 Å². The van der Waals surface area contributed by atoms with Crippen LogP contribution in [0.2, 0.25) is 0 Å². The summed E-state index contributed by atoms with van der Waals surface area (Å²) in [7, 11) is 0. The van der Waals surface area contributed by atoms with E-state index in [0.29, 0.717) is 19.4 Å².